The Bertz CT molecular complexity index is 574. The van der Waals surface area contributed by atoms with Crippen molar-refractivity contribution in [2.24, 2.45) is 0 Å². The zero-order chi connectivity index (χ0) is 14.0. The first-order valence-corrected chi connectivity index (χ1v) is 7.49. The van der Waals surface area contributed by atoms with Gasteiger partial charge in [0.25, 0.3) is 0 Å². The van der Waals surface area contributed by atoms with Crippen LogP contribution in [0.1, 0.15) is 35.8 Å². The Morgan fingerprint density at radius 1 is 1.47 bits per heavy atom. The molecule has 1 aromatic heterocycles. The summed E-state index contributed by atoms with van der Waals surface area (Å²) in [5.74, 6) is -1.14. The maximum Gasteiger partial charge on any atom is 0.352 e. The molecule has 3 N–H and O–H groups in total. The number of nitrogens with one attached hydrogen (secondary N) is 1. The quantitative estimate of drug-likeness (QED) is 0.620. The van der Waals surface area contributed by atoms with Crippen molar-refractivity contribution in [2.45, 2.75) is 30.2 Å². The van der Waals surface area contributed by atoms with Crippen LogP contribution in [0.3, 0.4) is 0 Å². The number of carboxylic acids is 1. The molecule has 0 aliphatic heterocycles. The molecule has 1 aliphatic rings. The van der Waals surface area contributed by atoms with Crippen molar-refractivity contribution < 1.29 is 23.4 Å². The van der Waals surface area contributed by atoms with E-state index in [1.807, 2.05) is 0 Å². The number of carboxylic acid groups (broad SMARTS) is 1. The fourth-order valence-electron chi connectivity index (χ4n) is 1.80. The second-order valence-corrected chi connectivity index (χ2v) is 6.25. The molecular formula is C11H16N2O5S. The van der Waals surface area contributed by atoms with Crippen molar-refractivity contribution in [1.29, 1.82) is 0 Å². The van der Waals surface area contributed by atoms with Crippen LogP contribution in [-0.2, 0) is 10.0 Å². The molecular weight excluding hydrogens is 272 g/mol. The molecule has 19 heavy (non-hydrogen) atoms. The molecule has 2 rings (SSSR count). The van der Waals surface area contributed by atoms with Crippen LogP contribution in [0.2, 0.25) is 0 Å². The second-order valence-electron chi connectivity index (χ2n) is 4.48. The van der Waals surface area contributed by atoms with Crippen LogP contribution in [0.25, 0.3) is 0 Å². The minimum Gasteiger partial charge on any atom is -0.477 e. The summed E-state index contributed by atoms with van der Waals surface area (Å²) in [4.78, 5) is 11.0. The summed E-state index contributed by atoms with van der Waals surface area (Å²) in [5.41, 5.74) is -0.00923. The van der Waals surface area contributed by atoms with Gasteiger partial charge in [-0.15, -0.1) is 0 Å². The lowest BCUT2D eigenvalue weighted by Crippen LogP contribution is -2.25. The summed E-state index contributed by atoms with van der Waals surface area (Å²) in [5, 5.41) is 17.7. The Morgan fingerprint density at radius 2 is 2.16 bits per heavy atom. The first-order valence-electron chi connectivity index (χ1n) is 6.01. The third kappa shape index (κ3) is 3.14. The summed E-state index contributed by atoms with van der Waals surface area (Å²) in [6.07, 6.45) is 3.41. The topological polar surface area (TPSA) is 109 Å². The van der Waals surface area contributed by atoms with E-state index in [4.69, 9.17) is 10.2 Å². The van der Waals surface area contributed by atoms with Crippen molar-refractivity contribution in [1.82, 2.24) is 9.29 Å². The second kappa shape index (κ2) is 5.32. The maximum absolute atomic E-state index is 11.9. The van der Waals surface area contributed by atoms with Crippen LogP contribution >= 0.6 is 0 Å². The van der Waals surface area contributed by atoms with Crippen molar-refractivity contribution in [3.63, 3.8) is 0 Å². The normalized spacial score (nSPS) is 15.6. The summed E-state index contributed by atoms with van der Waals surface area (Å²) in [6, 6.07) is 1.26. The fourth-order valence-corrected chi connectivity index (χ4v) is 2.89. The molecule has 0 radical (unpaired) electrons. The van der Waals surface area contributed by atoms with Crippen molar-refractivity contribution in [3.05, 3.63) is 18.0 Å². The molecule has 1 aliphatic carbocycles. The van der Waals surface area contributed by atoms with Crippen molar-refractivity contribution in [2.75, 3.05) is 13.2 Å². The zero-order valence-electron chi connectivity index (χ0n) is 10.2. The van der Waals surface area contributed by atoms with E-state index in [1.54, 1.807) is 0 Å². The highest BCUT2D eigenvalue weighted by atomic mass is 32.2. The Labute approximate surface area is 110 Å². The highest BCUT2D eigenvalue weighted by Crippen LogP contribution is 2.37. The molecule has 8 heteroatoms. The van der Waals surface area contributed by atoms with E-state index in [0.29, 0.717) is 6.42 Å². The van der Waals surface area contributed by atoms with E-state index in [-0.39, 0.29) is 29.8 Å². The molecule has 1 heterocycles. The Hall–Kier alpha value is -1.38. The number of hydrogen-bond acceptors (Lipinski definition) is 4. The Morgan fingerprint density at radius 3 is 2.68 bits per heavy atom. The lowest BCUT2D eigenvalue weighted by atomic mass is 10.4. The predicted octanol–water partition coefficient (Wildman–Crippen LogP) is 0.182. The SMILES string of the molecule is O=C(O)c1cc(S(=O)(=O)NCCCO)cn1C1CC1. The van der Waals surface area contributed by atoms with E-state index in [2.05, 4.69) is 4.72 Å². The van der Waals surface area contributed by atoms with Gasteiger partial charge in [-0.05, 0) is 25.3 Å². The highest BCUT2D eigenvalue weighted by molar-refractivity contribution is 7.89. The molecule has 106 valence electrons. The van der Waals surface area contributed by atoms with E-state index in [9.17, 15) is 13.2 Å². The van der Waals surface area contributed by atoms with E-state index >= 15 is 0 Å². The van der Waals surface area contributed by atoms with Gasteiger partial charge in [0.2, 0.25) is 10.0 Å². The molecule has 0 saturated heterocycles. The molecule has 0 unspecified atom stereocenters. The van der Waals surface area contributed by atoms with Crippen LogP contribution < -0.4 is 4.72 Å². The Balaban J connectivity index is 2.24. The molecule has 0 bridgehead atoms. The molecule has 1 saturated carbocycles. The van der Waals surface area contributed by atoms with E-state index < -0.39 is 16.0 Å². The van der Waals surface area contributed by atoms with Crippen molar-refractivity contribution >= 4 is 16.0 Å². The maximum atomic E-state index is 11.9. The van der Waals surface area contributed by atoms with Gasteiger partial charge in [0, 0.05) is 25.4 Å². The van der Waals surface area contributed by atoms with Crippen molar-refractivity contribution in [3.8, 4) is 0 Å². The first-order chi connectivity index (χ1) is 8.95. The van der Waals surface area contributed by atoms with Gasteiger partial charge in [-0.1, -0.05) is 0 Å². The van der Waals surface area contributed by atoms with Gasteiger partial charge in [-0.25, -0.2) is 17.9 Å². The zero-order valence-corrected chi connectivity index (χ0v) is 11.1. The third-order valence-electron chi connectivity index (χ3n) is 2.92. The average molecular weight is 288 g/mol. The smallest absolute Gasteiger partial charge is 0.352 e. The molecule has 0 aromatic carbocycles. The first kappa shape index (κ1) is 14.0. The summed E-state index contributed by atoms with van der Waals surface area (Å²) < 4.78 is 27.7. The van der Waals surface area contributed by atoms with E-state index in [1.165, 1.54) is 16.8 Å². The van der Waals surface area contributed by atoms with Gasteiger partial charge in [-0.2, -0.15) is 0 Å². The largest absolute Gasteiger partial charge is 0.477 e. The molecule has 7 nitrogen and oxygen atoms in total. The number of nitrogens with zero attached hydrogens (tertiary/aromatic N) is 1. The average Bonchev–Trinajstić information content (AvgIpc) is 3.07. The molecule has 0 amide bonds. The lowest BCUT2D eigenvalue weighted by Gasteiger charge is -2.03. The number of aromatic nitrogens is 1. The fraction of sp³-hybridized carbons (Fsp3) is 0.545. The number of aliphatic hydroxyl groups excluding tert-OH is 1. The number of carbonyl (C=O) groups is 1. The van der Waals surface area contributed by atoms with Gasteiger partial charge in [-0.3, -0.25) is 0 Å². The number of rotatable bonds is 7. The van der Waals surface area contributed by atoms with Crippen LogP contribution in [0.15, 0.2) is 17.2 Å². The van der Waals surface area contributed by atoms with Crippen LogP contribution in [0, 0.1) is 0 Å². The van der Waals surface area contributed by atoms with Gasteiger partial charge < -0.3 is 14.8 Å². The molecule has 1 fully saturated rings. The van der Waals surface area contributed by atoms with Gasteiger partial charge in [0.15, 0.2) is 0 Å². The summed E-state index contributed by atoms with van der Waals surface area (Å²) >= 11 is 0. The predicted molar refractivity (Wildman–Crippen MR) is 66.6 cm³/mol. The summed E-state index contributed by atoms with van der Waals surface area (Å²) in [6.45, 7) is 0.0157. The minimum absolute atomic E-state index is 0.00923. The number of aliphatic hydroxyl groups is 1. The van der Waals surface area contributed by atoms with Gasteiger partial charge in [0.1, 0.15) is 10.6 Å². The minimum atomic E-state index is -3.72. The molecule has 0 spiro atoms. The number of hydrogen-bond donors (Lipinski definition) is 3. The highest BCUT2D eigenvalue weighted by Gasteiger charge is 2.30. The monoisotopic (exact) mass is 288 g/mol. The number of aromatic carboxylic acids is 1. The lowest BCUT2D eigenvalue weighted by molar-refractivity contribution is 0.0685. The van der Waals surface area contributed by atoms with Gasteiger partial charge >= 0.3 is 5.97 Å². The molecule has 0 atom stereocenters. The third-order valence-corrected chi connectivity index (χ3v) is 4.35. The van der Waals surface area contributed by atoms with Crippen LogP contribution in [0.4, 0.5) is 0 Å². The van der Waals surface area contributed by atoms with E-state index in [0.717, 1.165) is 12.8 Å². The molecule has 1 aromatic rings. The standard InChI is InChI=1S/C11H16N2O5S/c14-5-1-4-12-19(17,18)9-6-10(11(15)16)13(7-9)8-2-3-8/h6-8,12,14H,1-5H2,(H,15,16). The van der Waals surface area contributed by atoms with Crippen LogP contribution in [0.5, 0.6) is 0 Å². The van der Waals surface area contributed by atoms with Gasteiger partial charge in [0.05, 0.1) is 0 Å². The Kier molecular flexibility index (Phi) is 3.93. The summed E-state index contributed by atoms with van der Waals surface area (Å²) in [7, 11) is -3.72. The number of sulfonamides is 1. The van der Waals surface area contributed by atoms with Crippen LogP contribution in [-0.4, -0.2) is 42.3 Å².